The maximum atomic E-state index is 12.5. The molecule has 0 bridgehead atoms. The monoisotopic (exact) mass is 407 g/mol. The van der Waals surface area contributed by atoms with Crippen molar-refractivity contribution in [2.24, 2.45) is 0 Å². The minimum atomic E-state index is -3.73. The third kappa shape index (κ3) is 6.22. The summed E-state index contributed by atoms with van der Waals surface area (Å²) in [5.74, 6) is 0.466. The van der Waals surface area contributed by atoms with Gasteiger partial charge in [-0.15, -0.1) is 0 Å². The Morgan fingerprint density at radius 2 is 1.59 bits per heavy atom. The van der Waals surface area contributed by atoms with Crippen LogP contribution in [0.1, 0.15) is 20.3 Å². The number of anilines is 2. The van der Waals surface area contributed by atoms with E-state index in [0.29, 0.717) is 30.2 Å². The Kier molecular flexibility index (Phi) is 7.14. The molecule has 2 rings (SSSR count). The molecule has 0 unspecified atom stereocenters. The molecule has 0 saturated heterocycles. The van der Waals surface area contributed by atoms with Crippen LogP contribution in [0, 0.1) is 0 Å². The summed E-state index contributed by atoms with van der Waals surface area (Å²) in [5.41, 5.74) is 1.00. The molecule has 144 valence electrons. The van der Waals surface area contributed by atoms with Crippen molar-refractivity contribution in [2.75, 3.05) is 16.6 Å². The normalized spacial score (nSPS) is 10.7. The first-order chi connectivity index (χ1) is 12.8. The number of thiocarbonyl (C=S) groups is 1. The van der Waals surface area contributed by atoms with E-state index in [1.807, 2.05) is 6.92 Å². The van der Waals surface area contributed by atoms with Crippen molar-refractivity contribution >= 4 is 44.6 Å². The predicted molar refractivity (Wildman–Crippen MR) is 110 cm³/mol. The molecular formula is C18H21N3O4S2. The molecule has 0 fully saturated rings. The molecule has 0 aromatic heterocycles. The molecule has 0 radical (unpaired) electrons. The number of carbonyl (C=O) groups is 1. The van der Waals surface area contributed by atoms with E-state index >= 15 is 0 Å². The Labute approximate surface area is 164 Å². The summed E-state index contributed by atoms with van der Waals surface area (Å²) in [4.78, 5) is 11.4. The second-order valence-electron chi connectivity index (χ2n) is 5.44. The first kappa shape index (κ1) is 20.7. The molecule has 0 spiro atoms. The molecular weight excluding hydrogens is 386 g/mol. The number of amides is 1. The average Bonchev–Trinajstić information content (AvgIpc) is 2.63. The first-order valence-corrected chi connectivity index (χ1v) is 10.2. The van der Waals surface area contributed by atoms with Crippen LogP contribution in [-0.2, 0) is 14.8 Å². The molecule has 2 aromatic rings. The highest BCUT2D eigenvalue weighted by Crippen LogP contribution is 2.20. The molecule has 0 aliphatic carbocycles. The second-order valence-corrected chi connectivity index (χ2v) is 7.53. The third-order valence-corrected chi connectivity index (χ3v) is 5.02. The molecule has 0 saturated carbocycles. The summed E-state index contributed by atoms with van der Waals surface area (Å²) in [7, 11) is -3.73. The first-order valence-electron chi connectivity index (χ1n) is 8.30. The van der Waals surface area contributed by atoms with E-state index in [1.165, 1.54) is 12.1 Å². The minimum absolute atomic E-state index is 0.102. The SMILES string of the molecule is CCOc1ccc(NS(=O)(=O)c2ccc(NC(=S)NC(=O)CC)cc2)cc1. The molecule has 7 nitrogen and oxygen atoms in total. The summed E-state index contributed by atoms with van der Waals surface area (Å²) < 4.78 is 32.8. The van der Waals surface area contributed by atoms with Gasteiger partial charge in [-0.05, 0) is 67.7 Å². The van der Waals surface area contributed by atoms with E-state index in [9.17, 15) is 13.2 Å². The highest BCUT2D eigenvalue weighted by molar-refractivity contribution is 7.92. The van der Waals surface area contributed by atoms with Gasteiger partial charge < -0.3 is 15.4 Å². The molecule has 0 heterocycles. The summed E-state index contributed by atoms with van der Waals surface area (Å²) in [6, 6.07) is 12.7. The van der Waals surface area contributed by atoms with E-state index in [1.54, 1.807) is 43.3 Å². The fourth-order valence-corrected chi connectivity index (χ4v) is 3.39. The molecule has 3 N–H and O–H groups in total. The zero-order valence-electron chi connectivity index (χ0n) is 15.0. The lowest BCUT2D eigenvalue weighted by Gasteiger charge is -2.11. The maximum Gasteiger partial charge on any atom is 0.261 e. The van der Waals surface area contributed by atoms with Crippen LogP contribution in [0.2, 0.25) is 0 Å². The van der Waals surface area contributed by atoms with Gasteiger partial charge in [0.05, 0.1) is 11.5 Å². The fraction of sp³-hybridized carbons (Fsp3) is 0.222. The van der Waals surface area contributed by atoms with Crippen molar-refractivity contribution in [2.45, 2.75) is 25.2 Å². The van der Waals surface area contributed by atoms with Crippen LogP contribution < -0.4 is 20.1 Å². The van der Waals surface area contributed by atoms with Crippen LogP contribution in [-0.4, -0.2) is 26.0 Å². The van der Waals surface area contributed by atoms with Gasteiger partial charge >= 0.3 is 0 Å². The predicted octanol–water partition coefficient (Wildman–Crippen LogP) is 3.11. The zero-order valence-corrected chi connectivity index (χ0v) is 16.6. The van der Waals surface area contributed by atoms with Gasteiger partial charge in [0.25, 0.3) is 10.0 Å². The van der Waals surface area contributed by atoms with Gasteiger partial charge in [0.15, 0.2) is 5.11 Å². The van der Waals surface area contributed by atoms with Crippen molar-refractivity contribution in [3.8, 4) is 5.75 Å². The number of sulfonamides is 1. The second kappa shape index (κ2) is 9.33. The van der Waals surface area contributed by atoms with E-state index < -0.39 is 10.0 Å². The average molecular weight is 408 g/mol. The Balaban J connectivity index is 2.04. The van der Waals surface area contributed by atoms with Crippen LogP contribution in [0.15, 0.2) is 53.4 Å². The smallest absolute Gasteiger partial charge is 0.261 e. The molecule has 27 heavy (non-hydrogen) atoms. The van der Waals surface area contributed by atoms with Gasteiger partial charge in [0.2, 0.25) is 5.91 Å². The van der Waals surface area contributed by atoms with E-state index in [2.05, 4.69) is 15.4 Å². The van der Waals surface area contributed by atoms with Crippen LogP contribution in [0.3, 0.4) is 0 Å². The maximum absolute atomic E-state index is 12.5. The highest BCUT2D eigenvalue weighted by Gasteiger charge is 2.14. The number of carbonyl (C=O) groups excluding carboxylic acids is 1. The fourth-order valence-electron chi connectivity index (χ4n) is 2.09. The van der Waals surface area contributed by atoms with Gasteiger partial charge in [-0.3, -0.25) is 9.52 Å². The van der Waals surface area contributed by atoms with Crippen LogP contribution in [0.4, 0.5) is 11.4 Å². The molecule has 1 amide bonds. The standard InChI is InChI=1S/C18H21N3O4S2/c1-3-17(22)20-18(26)19-13-7-11-16(12-8-13)27(23,24)21-14-5-9-15(10-6-14)25-4-2/h5-12,21H,3-4H2,1-2H3,(H2,19,20,22,26). The third-order valence-electron chi connectivity index (χ3n) is 3.41. The molecule has 0 atom stereocenters. The molecule has 0 aliphatic heterocycles. The van der Waals surface area contributed by atoms with E-state index in [0.717, 1.165) is 0 Å². The molecule has 0 aliphatic rings. The van der Waals surface area contributed by atoms with Crippen molar-refractivity contribution < 1.29 is 17.9 Å². The van der Waals surface area contributed by atoms with Gasteiger partial charge in [0, 0.05) is 17.8 Å². The molecule has 9 heteroatoms. The van der Waals surface area contributed by atoms with Crippen molar-refractivity contribution in [3.63, 3.8) is 0 Å². The number of hydrogen-bond donors (Lipinski definition) is 3. The minimum Gasteiger partial charge on any atom is -0.494 e. The number of ether oxygens (including phenoxy) is 1. The number of nitrogens with one attached hydrogen (secondary N) is 3. The Morgan fingerprint density at radius 3 is 2.15 bits per heavy atom. The van der Waals surface area contributed by atoms with Crippen LogP contribution >= 0.6 is 12.2 Å². The number of hydrogen-bond acceptors (Lipinski definition) is 5. The molecule has 2 aromatic carbocycles. The summed E-state index contributed by atoms with van der Waals surface area (Å²) in [6.07, 6.45) is 0.316. The summed E-state index contributed by atoms with van der Waals surface area (Å²) in [5, 5.41) is 5.49. The Morgan fingerprint density at radius 1 is 1.00 bits per heavy atom. The largest absolute Gasteiger partial charge is 0.494 e. The highest BCUT2D eigenvalue weighted by atomic mass is 32.2. The number of rotatable bonds is 7. The van der Waals surface area contributed by atoms with Gasteiger partial charge in [-0.2, -0.15) is 0 Å². The summed E-state index contributed by atoms with van der Waals surface area (Å²) >= 11 is 5.02. The quantitative estimate of drug-likeness (QED) is 0.611. The van der Waals surface area contributed by atoms with E-state index in [4.69, 9.17) is 17.0 Å². The number of benzene rings is 2. The topological polar surface area (TPSA) is 96.5 Å². The lowest BCUT2D eigenvalue weighted by molar-refractivity contribution is -0.119. The lowest BCUT2D eigenvalue weighted by Crippen LogP contribution is -2.33. The van der Waals surface area contributed by atoms with Crippen molar-refractivity contribution in [1.29, 1.82) is 0 Å². The lowest BCUT2D eigenvalue weighted by atomic mass is 10.3. The van der Waals surface area contributed by atoms with Gasteiger partial charge in [-0.25, -0.2) is 8.42 Å². The summed E-state index contributed by atoms with van der Waals surface area (Å²) in [6.45, 7) is 4.13. The van der Waals surface area contributed by atoms with Gasteiger partial charge in [-0.1, -0.05) is 6.92 Å². The Hall–Kier alpha value is -2.65. The van der Waals surface area contributed by atoms with Crippen molar-refractivity contribution in [3.05, 3.63) is 48.5 Å². The Bertz CT molecular complexity index is 895. The van der Waals surface area contributed by atoms with E-state index in [-0.39, 0.29) is 15.9 Å². The van der Waals surface area contributed by atoms with Gasteiger partial charge in [0.1, 0.15) is 5.75 Å². The zero-order chi connectivity index (χ0) is 19.9. The van der Waals surface area contributed by atoms with Crippen LogP contribution in [0.5, 0.6) is 5.75 Å². The van der Waals surface area contributed by atoms with Crippen LogP contribution in [0.25, 0.3) is 0 Å². The van der Waals surface area contributed by atoms with Crippen molar-refractivity contribution in [1.82, 2.24) is 5.32 Å².